The van der Waals surface area contributed by atoms with E-state index >= 15 is 0 Å². The summed E-state index contributed by atoms with van der Waals surface area (Å²) in [5.74, 6) is 0. The van der Waals surface area contributed by atoms with E-state index in [9.17, 15) is 5.26 Å². The summed E-state index contributed by atoms with van der Waals surface area (Å²) < 4.78 is 4.91. The number of nitriles is 1. The Balaban J connectivity index is 1.00. The first kappa shape index (κ1) is 31.3. The molecule has 0 atom stereocenters. The van der Waals surface area contributed by atoms with E-state index in [1.54, 1.807) is 0 Å². The maximum atomic E-state index is 9.96. The van der Waals surface area contributed by atoms with Gasteiger partial charge in [0.15, 0.2) is 0 Å². The van der Waals surface area contributed by atoms with Crippen molar-refractivity contribution in [2.24, 2.45) is 0 Å². The largest absolute Gasteiger partial charge is 0.308 e. The SMILES string of the molecule is N#Cc1cc(-c2ccccc2)cc(-c2cccc(-c3ccc4c(c3)c3cc(-c5ccc6c(c5)c5cccc7c8ccccc8n6c75)cc5c6ccccc6n4c53)c2)c1. The molecule has 0 amide bonds. The highest BCUT2D eigenvalue weighted by atomic mass is 14.9. The normalized spacial score (nSPS) is 12.1. The van der Waals surface area contributed by atoms with Gasteiger partial charge in [0, 0.05) is 43.1 Å². The molecule has 0 radical (unpaired) electrons. The van der Waals surface area contributed by atoms with Crippen LogP contribution >= 0.6 is 0 Å². The van der Waals surface area contributed by atoms with Crippen molar-refractivity contribution in [1.82, 2.24) is 8.80 Å². The number of hydrogen-bond acceptors (Lipinski definition) is 1. The van der Waals surface area contributed by atoms with Gasteiger partial charge in [0.2, 0.25) is 0 Å². The van der Waals surface area contributed by atoms with Crippen LogP contribution in [0.5, 0.6) is 0 Å². The van der Waals surface area contributed by atoms with Crippen LogP contribution in [0.2, 0.25) is 0 Å². The highest BCUT2D eigenvalue weighted by Crippen LogP contribution is 2.45. The van der Waals surface area contributed by atoms with Crippen LogP contribution in [0.25, 0.3) is 121 Å². The Kier molecular flexibility index (Phi) is 6.23. The molecule has 13 rings (SSSR count). The summed E-state index contributed by atoms with van der Waals surface area (Å²) in [6, 6.07) is 70.6. The van der Waals surface area contributed by atoms with Crippen molar-refractivity contribution < 1.29 is 0 Å². The fourth-order valence-corrected chi connectivity index (χ4v) is 9.99. The van der Waals surface area contributed by atoms with Crippen molar-refractivity contribution >= 4 is 76.2 Å². The molecule has 4 aromatic heterocycles. The van der Waals surface area contributed by atoms with Crippen LogP contribution in [-0.4, -0.2) is 8.80 Å². The van der Waals surface area contributed by atoms with Gasteiger partial charge in [0.05, 0.1) is 44.7 Å². The summed E-state index contributed by atoms with van der Waals surface area (Å²) in [5.41, 5.74) is 17.1. The molecule has 0 spiro atoms. The smallest absolute Gasteiger partial charge is 0.0992 e. The monoisotopic (exact) mass is 733 g/mol. The molecule has 0 aliphatic rings. The number of nitrogens with zero attached hydrogens (tertiary/aromatic N) is 3. The van der Waals surface area contributed by atoms with E-state index < -0.39 is 0 Å². The molecule has 3 heteroatoms. The zero-order valence-electron chi connectivity index (χ0n) is 31.2. The molecule has 0 unspecified atom stereocenters. The van der Waals surface area contributed by atoms with Crippen LogP contribution in [0.4, 0.5) is 0 Å². The minimum atomic E-state index is 0.653. The first-order valence-corrected chi connectivity index (χ1v) is 19.8. The van der Waals surface area contributed by atoms with Crippen molar-refractivity contribution in [3.8, 4) is 50.6 Å². The van der Waals surface area contributed by atoms with Crippen molar-refractivity contribution in [3.05, 3.63) is 194 Å². The maximum Gasteiger partial charge on any atom is 0.0992 e. The molecule has 3 nitrogen and oxygen atoms in total. The minimum Gasteiger partial charge on any atom is -0.308 e. The lowest BCUT2D eigenvalue weighted by atomic mass is 9.94. The molecule has 58 heavy (non-hydrogen) atoms. The van der Waals surface area contributed by atoms with E-state index in [0.29, 0.717) is 5.56 Å². The quantitative estimate of drug-likeness (QED) is 0.177. The number of para-hydroxylation sites is 3. The molecule has 0 fully saturated rings. The summed E-state index contributed by atoms with van der Waals surface area (Å²) in [4.78, 5) is 0. The molecule has 0 aliphatic heterocycles. The van der Waals surface area contributed by atoms with E-state index in [-0.39, 0.29) is 0 Å². The molecule has 0 saturated heterocycles. The topological polar surface area (TPSA) is 32.6 Å². The third kappa shape index (κ3) is 4.26. The molecule has 0 aliphatic carbocycles. The molecule has 0 N–H and O–H groups in total. The summed E-state index contributed by atoms with van der Waals surface area (Å²) in [6.07, 6.45) is 0. The summed E-state index contributed by atoms with van der Waals surface area (Å²) in [5, 5.41) is 20.2. The zero-order valence-corrected chi connectivity index (χ0v) is 31.2. The van der Waals surface area contributed by atoms with Gasteiger partial charge in [-0.1, -0.05) is 115 Å². The van der Waals surface area contributed by atoms with Crippen LogP contribution in [0.1, 0.15) is 5.56 Å². The predicted molar refractivity (Wildman–Crippen MR) is 242 cm³/mol. The van der Waals surface area contributed by atoms with Crippen molar-refractivity contribution in [2.75, 3.05) is 0 Å². The lowest BCUT2D eigenvalue weighted by molar-refractivity contribution is 1.37. The second-order valence-electron chi connectivity index (χ2n) is 15.6. The number of hydrogen-bond donors (Lipinski definition) is 0. The molecular formula is C55H31N3. The molecular weight excluding hydrogens is 703 g/mol. The van der Waals surface area contributed by atoms with Gasteiger partial charge >= 0.3 is 0 Å². The summed E-state index contributed by atoms with van der Waals surface area (Å²) in [6.45, 7) is 0. The Morgan fingerprint density at radius 3 is 1.36 bits per heavy atom. The first-order chi connectivity index (χ1) is 28.7. The van der Waals surface area contributed by atoms with E-state index in [1.807, 2.05) is 30.3 Å². The fourth-order valence-electron chi connectivity index (χ4n) is 9.99. The number of aromatic nitrogens is 2. The van der Waals surface area contributed by atoms with Gasteiger partial charge in [-0.25, -0.2) is 0 Å². The summed E-state index contributed by atoms with van der Waals surface area (Å²) >= 11 is 0. The predicted octanol–water partition coefficient (Wildman–Crippen LogP) is 14.5. The van der Waals surface area contributed by atoms with Gasteiger partial charge in [-0.3, -0.25) is 0 Å². The van der Waals surface area contributed by atoms with Gasteiger partial charge in [-0.15, -0.1) is 0 Å². The molecule has 0 saturated carbocycles. The van der Waals surface area contributed by atoms with Gasteiger partial charge in [-0.05, 0) is 117 Å². The Hall–Kier alpha value is -7.93. The Bertz CT molecular complexity index is 3860. The number of rotatable bonds is 4. The third-order valence-corrected chi connectivity index (χ3v) is 12.6. The first-order valence-electron chi connectivity index (χ1n) is 19.8. The maximum absolute atomic E-state index is 9.96. The van der Waals surface area contributed by atoms with E-state index in [1.165, 1.54) is 87.3 Å². The van der Waals surface area contributed by atoms with Crippen LogP contribution in [-0.2, 0) is 0 Å². The fraction of sp³-hybridized carbons (Fsp3) is 0. The highest BCUT2D eigenvalue weighted by Gasteiger charge is 2.21. The molecule has 0 bridgehead atoms. The van der Waals surface area contributed by atoms with Gasteiger partial charge in [0.1, 0.15) is 0 Å². The standard InChI is InChI=1S/C55H31N3/c56-32-33-24-39(34-10-2-1-3-11-34)27-40(25-33)36-13-8-12-35(26-36)37-20-22-53-47(28-37)49-31-41(30-48-43-15-5-7-19-51(43)58(53)55(48)49)38-21-23-52-46(29-38)45-17-9-16-44-42-14-4-6-18-50(42)57(52)54(44)45/h1-31H. The molecule has 4 heterocycles. The Labute approximate surface area is 333 Å². The molecule has 266 valence electrons. The van der Waals surface area contributed by atoms with Gasteiger partial charge in [0.25, 0.3) is 0 Å². The van der Waals surface area contributed by atoms with E-state index in [0.717, 1.165) is 33.4 Å². The van der Waals surface area contributed by atoms with Crippen LogP contribution in [0.15, 0.2) is 188 Å². The molecule has 9 aromatic carbocycles. The van der Waals surface area contributed by atoms with Gasteiger partial charge in [-0.2, -0.15) is 5.26 Å². The van der Waals surface area contributed by atoms with Crippen molar-refractivity contribution in [1.29, 1.82) is 5.26 Å². The minimum absolute atomic E-state index is 0.653. The number of benzene rings is 9. The highest BCUT2D eigenvalue weighted by molar-refractivity contribution is 6.26. The van der Waals surface area contributed by atoms with Crippen LogP contribution in [0.3, 0.4) is 0 Å². The Morgan fingerprint density at radius 1 is 0.276 bits per heavy atom. The van der Waals surface area contributed by atoms with E-state index in [4.69, 9.17) is 0 Å². The third-order valence-electron chi connectivity index (χ3n) is 12.6. The van der Waals surface area contributed by atoms with Crippen LogP contribution < -0.4 is 0 Å². The van der Waals surface area contributed by atoms with E-state index in [2.05, 4.69) is 173 Å². The zero-order chi connectivity index (χ0) is 38.1. The molecule has 13 aromatic rings. The second-order valence-corrected chi connectivity index (χ2v) is 15.6. The number of fused-ring (bicyclic) bond motifs is 12. The average Bonchev–Trinajstić information content (AvgIpc) is 4.02. The lowest BCUT2D eigenvalue weighted by Gasteiger charge is -2.10. The van der Waals surface area contributed by atoms with Crippen LogP contribution in [0, 0.1) is 11.3 Å². The second kappa shape index (κ2) is 11.6. The van der Waals surface area contributed by atoms with Crippen molar-refractivity contribution in [2.45, 2.75) is 0 Å². The lowest BCUT2D eigenvalue weighted by Crippen LogP contribution is -1.87. The van der Waals surface area contributed by atoms with Crippen molar-refractivity contribution in [3.63, 3.8) is 0 Å². The Morgan fingerprint density at radius 2 is 0.672 bits per heavy atom. The summed E-state index contributed by atoms with van der Waals surface area (Å²) in [7, 11) is 0. The average molecular weight is 734 g/mol. The van der Waals surface area contributed by atoms with Gasteiger partial charge < -0.3 is 8.80 Å².